The highest BCUT2D eigenvalue weighted by Crippen LogP contribution is 2.27. The molecule has 6 nitrogen and oxygen atoms in total. The monoisotopic (exact) mass is 364 g/mol. The van der Waals surface area contributed by atoms with E-state index in [1.54, 1.807) is 19.2 Å². The van der Waals surface area contributed by atoms with Crippen LogP contribution in [-0.2, 0) is 11.3 Å². The van der Waals surface area contributed by atoms with Crippen molar-refractivity contribution < 1.29 is 8.76 Å². The fraction of sp³-hybridized carbons (Fsp3) is 0.125. The van der Waals surface area contributed by atoms with Gasteiger partial charge in [0.1, 0.15) is 5.65 Å². The molecule has 0 aliphatic rings. The van der Waals surface area contributed by atoms with Crippen LogP contribution >= 0.6 is 12.4 Å². The molecule has 2 N–H and O–H groups in total. The second-order valence-corrected chi connectivity index (χ2v) is 5.84. The number of rotatable bonds is 4. The summed E-state index contributed by atoms with van der Waals surface area (Å²) in [6.45, 7) is 1.78. The van der Waals surface area contributed by atoms with E-state index >= 15 is 0 Å². The number of nitrogens with zero attached hydrogens (tertiary/aromatic N) is 1. The van der Waals surface area contributed by atoms with E-state index in [1.807, 2.05) is 30.3 Å². The molecule has 126 valence electrons. The number of hydrogen-bond acceptors (Lipinski definition) is 4. The first-order chi connectivity index (χ1) is 11.0. The van der Waals surface area contributed by atoms with E-state index in [-0.39, 0.29) is 24.0 Å². The number of fused-ring (bicyclic) bond motifs is 1. The zero-order valence-corrected chi connectivity index (χ0v) is 14.3. The van der Waals surface area contributed by atoms with Crippen LogP contribution in [0.15, 0.2) is 53.5 Å². The summed E-state index contributed by atoms with van der Waals surface area (Å²) in [5.74, 6) is 0. The predicted molar refractivity (Wildman–Crippen MR) is 95.5 cm³/mol. The summed E-state index contributed by atoms with van der Waals surface area (Å²) in [5, 5.41) is 0.853. The van der Waals surface area contributed by atoms with Gasteiger partial charge in [0.2, 0.25) is 5.56 Å². The van der Waals surface area contributed by atoms with Crippen LogP contribution in [0.3, 0.4) is 0 Å². The summed E-state index contributed by atoms with van der Waals surface area (Å²) in [4.78, 5) is 18.3. The molecular weight excluding hydrogens is 350 g/mol. The molecule has 0 amide bonds. The van der Waals surface area contributed by atoms with Crippen molar-refractivity contribution in [2.24, 2.45) is 0 Å². The van der Waals surface area contributed by atoms with Gasteiger partial charge in [-0.25, -0.2) is 9.71 Å². The first kappa shape index (κ1) is 18.3. The number of halogens is 1. The van der Waals surface area contributed by atoms with Crippen molar-refractivity contribution in [3.8, 4) is 11.1 Å². The van der Waals surface area contributed by atoms with Gasteiger partial charge < -0.3 is 9.54 Å². The predicted octanol–water partition coefficient (Wildman–Crippen LogP) is 2.46. The molecule has 3 rings (SSSR count). The maximum Gasteiger partial charge on any atom is 0.249 e. The fourth-order valence-corrected chi connectivity index (χ4v) is 2.90. The third-order valence-electron chi connectivity index (χ3n) is 3.63. The third kappa shape index (κ3) is 3.88. The number of aromatic nitrogens is 2. The van der Waals surface area contributed by atoms with Crippen LogP contribution in [0.25, 0.3) is 22.2 Å². The Morgan fingerprint density at radius 3 is 2.54 bits per heavy atom. The summed E-state index contributed by atoms with van der Waals surface area (Å²) in [7, 11) is 0. The number of benzene rings is 1. The molecule has 1 aromatic carbocycles. The zero-order chi connectivity index (χ0) is 16.4. The third-order valence-corrected chi connectivity index (χ3v) is 4.17. The van der Waals surface area contributed by atoms with Crippen LogP contribution in [0.2, 0.25) is 0 Å². The highest BCUT2D eigenvalue weighted by molar-refractivity contribution is 7.77. The first-order valence-corrected chi connectivity index (χ1v) is 8.06. The van der Waals surface area contributed by atoms with Gasteiger partial charge in [0.25, 0.3) is 0 Å². The van der Waals surface area contributed by atoms with Crippen LogP contribution in [0.4, 0.5) is 0 Å². The second-order valence-electron chi connectivity index (χ2n) is 5.14. The molecule has 0 aliphatic heterocycles. The molecule has 8 heteroatoms. The molecule has 0 fully saturated rings. The highest BCUT2D eigenvalue weighted by atomic mass is 35.5. The SMILES string of the molecule is C[C@H](NS(=O)[O-])c1ccc(-c2ccnc3[nH]c(=O)ccc23)cc1.Cl. The van der Waals surface area contributed by atoms with E-state index in [2.05, 4.69) is 14.7 Å². The molecule has 2 atom stereocenters. The molecule has 0 bridgehead atoms. The van der Waals surface area contributed by atoms with E-state index in [9.17, 15) is 13.6 Å². The maximum atomic E-state index is 11.4. The van der Waals surface area contributed by atoms with Crippen LogP contribution < -0.4 is 10.3 Å². The van der Waals surface area contributed by atoms with Crippen molar-refractivity contribution in [3.05, 3.63) is 64.6 Å². The number of pyridine rings is 2. The summed E-state index contributed by atoms with van der Waals surface area (Å²) in [6, 6.07) is 12.4. The normalized spacial score (nSPS) is 13.2. The van der Waals surface area contributed by atoms with Crippen molar-refractivity contribution in [1.29, 1.82) is 0 Å². The summed E-state index contributed by atoms with van der Waals surface area (Å²) < 4.78 is 23.8. The summed E-state index contributed by atoms with van der Waals surface area (Å²) >= 11 is -2.30. The van der Waals surface area contributed by atoms with Gasteiger partial charge in [-0.2, -0.15) is 0 Å². The summed E-state index contributed by atoms with van der Waals surface area (Å²) in [5.41, 5.74) is 3.12. The minimum atomic E-state index is -2.30. The minimum Gasteiger partial charge on any atom is -0.760 e. The largest absolute Gasteiger partial charge is 0.760 e. The molecule has 2 heterocycles. The van der Waals surface area contributed by atoms with E-state index in [0.29, 0.717) is 5.65 Å². The maximum absolute atomic E-state index is 11.4. The van der Waals surface area contributed by atoms with E-state index in [1.165, 1.54) is 6.07 Å². The molecule has 0 saturated carbocycles. The molecule has 0 spiro atoms. The second kappa shape index (κ2) is 7.67. The summed E-state index contributed by atoms with van der Waals surface area (Å²) in [6.07, 6.45) is 1.65. The number of nitrogens with one attached hydrogen (secondary N) is 2. The van der Waals surface area contributed by atoms with Gasteiger partial charge in [-0.3, -0.25) is 9.00 Å². The number of H-pyrrole nitrogens is 1. The van der Waals surface area contributed by atoms with E-state index in [4.69, 9.17) is 0 Å². The number of hydrogen-bond donors (Lipinski definition) is 2. The van der Waals surface area contributed by atoms with Gasteiger partial charge in [0.15, 0.2) is 0 Å². The average molecular weight is 365 g/mol. The van der Waals surface area contributed by atoms with E-state index in [0.717, 1.165) is 22.1 Å². The van der Waals surface area contributed by atoms with Crippen LogP contribution in [0.1, 0.15) is 18.5 Å². The van der Waals surface area contributed by atoms with Crippen molar-refractivity contribution in [2.45, 2.75) is 13.0 Å². The van der Waals surface area contributed by atoms with Crippen molar-refractivity contribution in [2.75, 3.05) is 0 Å². The van der Waals surface area contributed by atoms with Crippen molar-refractivity contribution in [1.82, 2.24) is 14.7 Å². The van der Waals surface area contributed by atoms with Gasteiger partial charge in [-0.1, -0.05) is 24.3 Å². The Bertz CT molecular complexity index is 928. The van der Waals surface area contributed by atoms with E-state index < -0.39 is 11.3 Å². The lowest BCUT2D eigenvalue weighted by Gasteiger charge is -2.16. The van der Waals surface area contributed by atoms with Gasteiger partial charge in [0.05, 0.1) is 0 Å². The van der Waals surface area contributed by atoms with Gasteiger partial charge in [-0.05, 0) is 35.7 Å². The van der Waals surface area contributed by atoms with Crippen molar-refractivity contribution >= 4 is 34.7 Å². The average Bonchev–Trinajstić information content (AvgIpc) is 2.53. The molecule has 0 saturated heterocycles. The van der Waals surface area contributed by atoms with Gasteiger partial charge in [-0.15, -0.1) is 12.4 Å². The quantitative estimate of drug-likeness (QED) is 0.695. The standard InChI is InChI=1S/C16H15N3O3S.ClH/c1-10(19-23(21)22)11-2-4-12(5-3-11)13-8-9-17-16-14(13)6-7-15(20)18-16;/h2-10,19H,1H3,(H,21,22)(H,17,18,20);1H/p-1/t10-;/m0./s1. The Kier molecular flexibility index (Phi) is 5.84. The minimum absolute atomic E-state index is 0. The van der Waals surface area contributed by atoms with Crippen molar-refractivity contribution in [3.63, 3.8) is 0 Å². The molecule has 24 heavy (non-hydrogen) atoms. The lowest BCUT2D eigenvalue weighted by atomic mass is 10.00. The zero-order valence-electron chi connectivity index (χ0n) is 12.7. The Balaban J connectivity index is 0.00000208. The first-order valence-electron chi connectivity index (χ1n) is 6.98. The molecular formula is C16H15ClN3O3S-. The van der Waals surface area contributed by atoms with Crippen LogP contribution in [0.5, 0.6) is 0 Å². The Morgan fingerprint density at radius 2 is 1.88 bits per heavy atom. The van der Waals surface area contributed by atoms with Gasteiger partial charge in [0, 0.05) is 35.0 Å². The molecule has 1 unspecified atom stereocenters. The molecule has 0 radical (unpaired) electrons. The number of aromatic amines is 1. The van der Waals surface area contributed by atoms with Crippen LogP contribution in [0, 0.1) is 0 Å². The topological polar surface area (TPSA) is 97.9 Å². The lowest BCUT2D eigenvalue weighted by Crippen LogP contribution is -2.20. The van der Waals surface area contributed by atoms with Gasteiger partial charge >= 0.3 is 0 Å². The smallest absolute Gasteiger partial charge is 0.249 e. The Labute approximate surface area is 147 Å². The highest BCUT2D eigenvalue weighted by Gasteiger charge is 2.08. The Hall–Kier alpha value is -2.06. The lowest BCUT2D eigenvalue weighted by molar-refractivity contribution is 0.512. The van der Waals surface area contributed by atoms with Crippen LogP contribution in [-0.4, -0.2) is 18.7 Å². The fourth-order valence-electron chi connectivity index (χ4n) is 2.47. The Morgan fingerprint density at radius 1 is 1.17 bits per heavy atom. The molecule has 2 aromatic heterocycles. The molecule has 3 aromatic rings. The molecule has 0 aliphatic carbocycles.